The molecule has 0 bridgehead atoms. The lowest BCUT2D eigenvalue weighted by Gasteiger charge is -2.27. The van der Waals surface area contributed by atoms with Gasteiger partial charge in [-0.2, -0.15) is 0 Å². The van der Waals surface area contributed by atoms with E-state index in [9.17, 15) is 0 Å². The Morgan fingerprint density at radius 2 is 2.00 bits per heavy atom. The summed E-state index contributed by atoms with van der Waals surface area (Å²) >= 11 is 0. The van der Waals surface area contributed by atoms with Gasteiger partial charge in [0.05, 0.1) is 6.04 Å². The van der Waals surface area contributed by atoms with Gasteiger partial charge < -0.3 is 10.3 Å². The molecule has 0 spiro atoms. The Bertz CT molecular complexity index is 344. The third-order valence-corrected chi connectivity index (χ3v) is 3.53. The van der Waals surface area contributed by atoms with Crippen molar-refractivity contribution in [3.05, 3.63) is 12.2 Å². The lowest BCUT2D eigenvalue weighted by atomic mass is 9.87. The number of hydrogen-bond acceptors (Lipinski definition) is 3. The zero-order valence-electron chi connectivity index (χ0n) is 10.5. The predicted octanol–water partition coefficient (Wildman–Crippen LogP) is 2.44. The molecule has 90 valence electrons. The van der Waals surface area contributed by atoms with Crippen molar-refractivity contribution < 1.29 is 0 Å². The summed E-state index contributed by atoms with van der Waals surface area (Å²) in [6.07, 6.45) is 6.95. The van der Waals surface area contributed by atoms with Gasteiger partial charge in [-0.3, -0.25) is 0 Å². The van der Waals surface area contributed by atoms with Crippen LogP contribution in [0, 0.1) is 5.41 Å². The van der Waals surface area contributed by atoms with E-state index in [1.165, 1.54) is 25.7 Å². The van der Waals surface area contributed by atoms with Crippen molar-refractivity contribution in [3.63, 3.8) is 0 Å². The summed E-state index contributed by atoms with van der Waals surface area (Å²) in [5.41, 5.74) is 6.29. The zero-order valence-corrected chi connectivity index (χ0v) is 10.5. The average molecular weight is 222 g/mol. The lowest BCUT2D eigenvalue weighted by Crippen LogP contribution is -2.30. The highest BCUT2D eigenvalue weighted by molar-refractivity contribution is 5.01. The molecule has 0 amide bonds. The highest BCUT2D eigenvalue weighted by Crippen LogP contribution is 2.34. The van der Waals surface area contributed by atoms with E-state index in [0.29, 0.717) is 6.04 Å². The van der Waals surface area contributed by atoms with Crippen LogP contribution in [0.1, 0.15) is 64.4 Å². The Labute approximate surface area is 97.2 Å². The molecule has 0 saturated heterocycles. The number of nitrogens with two attached hydrogens (primary N) is 1. The van der Waals surface area contributed by atoms with Crippen LogP contribution in [0.5, 0.6) is 0 Å². The predicted molar refractivity (Wildman–Crippen MR) is 63.9 cm³/mol. The van der Waals surface area contributed by atoms with Gasteiger partial charge in [0.1, 0.15) is 6.33 Å². The summed E-state index contributed by atoms with van der Waals surface area (Å²) < 4.78 is 2.20. The molecule has 1 aromatic heterocycles. The van der Waals surface area contributed by atoms with Crippen LogP contribution in [0.4, 0.5) is 0 Å². The van der Waals surface area contributed by atoms with Crippen LogP contribution in [0.25, 0.3) is 0 Å². The molecule has 2 N–H and O–H groups in total. The van der Waals surface area contributed by atoms with Crippen molar-refractivity contribution in [1.82, 2.24) is 14.8 Å². The quantitative estimate of drug-likeness (QED) is 0.836. The molecule has 1 aromatic rings. The van der Waals surface area contributed by atoms with Crippen LogP contribution in [0.15, 0.2) is 6.33 Å². The fourth-order valence-corrected chi connectivity index (χ4v) is 2.33. The van der Waals surface area contributed by atoms with Gasteiger partial charge in [-0.1, -0.05) is 33.6 Å². The van der Waals surface area contributed by atoms with E-state index in [2.05, 4.69) is 35.5 Å². The van der Waals surface area contributed by atoms with Crippen LogP contribution < -0.4 is 5.73 Å². The lowest BCUT2D eigenvalue weighted by molar-refractivity contribution is 0.300. The van der Waals surface area contributed by atoms with Gasteiger partial charge in [0.15, 0.2) is 5.82 Å². The molecule has 1 fully saturated rings. The number of rotatable bonds is 2. The third kappa shape index (κ3) is 2.12. The minimum absolute atomic E-state index is 0.0311. The fourth-order valence-electron chi connectivity index (χ4n) is 2.33. The highest BCUT2D eigenvalue weighted by Gasteiger charge is 2.29. The molecular formula is C12H22N4. The molecule has 4 heteroatoms. The summed E-state index contributed by atoms with van der Waals surface area (Å²) in [7, 11) is 0. The highest BCUT2D eigenvalue weighted by atomic mass is 15.3. The fraction of sp³-hybridized carbons (Fsp3) is 0.833. The van der Waals surface area contributed by atoms with Gasteiger partial charge in [0.25, 0.3) is 0 Å². The summed E-state index contributed by atoms with van der Waals surface area (Å²) in [5, 5.41) is 8.25. The van der Waals surface area contributed by atoms with E-state index in [1.807, 2.05) is 6.33 Å². The molecule has 0 radical (unpaired) electrons. The molecule has 1 aliphatic carbocycles. The first kappa shape index (κ1) is 11.6. The summed E-state index contributed by atoms with van der Waals surface area (Å²) in [6, 6.07) is 0.522. The summed E-state index contributed by atoms with van der Waals surface area (Å²) in [6.45, 7) is 6.43. The third-order valence-electron chi connectivity index (χ3n) is 3.53. The van der Waals surface area contributed by atoms with Gasteiger partial charge in [-0.15, -0.1) is 10.2 Å². The van der Waals surface area contributed by atoms with Crippen LogP contribution in [0.2, 0.25) is 0 Å². The zero-order chi connectivity index (χ0) is 11.8. The van der Waals surface area contributed by atoms with Gasteiger partial charge in [-0.05, 0) is 18.3 Å². The van der Waals surface area contributed by atoms with Gasteiger partial charge >= 0.3 is 0 Å². The SMILES string of the molecule is CC(C)(C)C(N)c1nncn1C1CCCC1. The minimum Gasteiger partial charge on any atom is -0.321 e. The minimum atomic E-state index is -0.0457. The molecule has 1 saturated carbocycles. The first-order valence-corrected chi connectivity index (χ1v) is 6.15. The van der Waals surface area contributed by atoms with E-state index in [0.717, 1.165) is 5.82 Å². The number of nitrogens with zero attached hydrogens (tertiary/aromatic N) is 3. The van der Waals surface area contributed by atoms with Gasteiger partial charge in [0, 0.05) is 6.04 Å². The second kappa shape index (κ2) is 4.17. The second-order valence-electron chi connectivity index (χ2n) is 5.88. The molecule has 1 atom stereocenters. The Morgan fingerprint density at radius 3 is 2.56 bits per heavy atom. The Hall–Kier alpha value is -0.900. The van der Waals surface area contributed by atoms with Crippen LogP contribution in [-0.4, -0.2) is 14.8 Å². The molecule has 4 nitrogen and oxygen atoms in total. The van der Waals surface area contributed by atoms with Crippen molar-refractivity contribution >= 4 is 0 Å². The van der Waals surface area contributed by atoms with E-state index >= 15 is 0 Å². The van der Waals surface area contributed by atoms with E-state index in [4.69, 9.17) is 5.73 Å². The maximum atomic E-state index is 6.26. The van der Waals surface area contributed by atoms with E-state index in [-0.39, 0.29) is 11.5 Å². The maximum Gasteiger partial charge on any atom is 0.150 e. The largest absolute Gasteiger partial charge is 0.321 e. The Kier molecular flexibility index (Phi) is 3.02. The van der Waals surface area contributed by atoms with Crippen LogP contribution in [-0.2, 0) is 0 Å². The van der Waals surface area contributed by atoms with Crippen molar-refractivity contribution in [2.24, 2.45) is 11.1 Å². The number of hydrogen-bond donors (Lipinski definition) is 1. The molecular weight excluding hydrogens is 200 g/mol. The Morgan fingerprint density at radius 1 is 1.38 bits per heavy atom. The number of aromatic nitrogens is 3. The smallest absolute Gasteiger partial charge is 0.150 e. The Balaban J connectivity index is 2.24. The van der Waals surface area contributed by atoms with Crippen molar-refractivity contribution in [1.29, 1.82) is 0 Å². The second-order valence-corrected chi connectivity index (χ2v) is 5.88. The average Bonchev–Trinajstić information content (AvgIpc) is 2.85. The normalized spacial score (nSPS) is 20.2. The first-order chi connectivity index (χ1) is 7.50. The van der Waals surface area contributed by atoms with Crippen LogP contribution in [0.3, 0.4) is 0 Å². The van der Waals surface area contributed by atoms with Crippen LogP contribution >= 0.6 is 0 Å². The monoisotopic (exact) mass is 222 g/mol. The molecule has 0 aromatic carbocycles. The molecule has 0 aliphatic heterocycles. The maximum absolute atomic E-state index is 6.26. The molecule has 16 heavy (non-hydrogen) atoms. The van der Waals surface area contributed by atoms with Crippen molar-refractivity contribution in [2.75, 3.05) is 0 Å². The first-order valence-electron chi connectivity index (χ1n) is 6.15. The molecule has 1 aliphatic rings. The molecule has 1 unspecified atom stereocenters. The summed E-state index contributed by atoms with van der Waals surface area (Å²) in [4.78, 5) is 0. The van der Waals surface area contributed by atoms with E-state index in [1.54, 1.807) is 0 Å². The van der Waals surface area contributed by atoms with Gasteiger partial charge in [0.2, 0.25) is 0 Å². The van der Waals surface area contributed by atoms with Crippen molar-refractivity contribution in [2.45, 2.75) is 58.5 Å². The van der Waals surface area contributed by atoms with E-state index < -0.39 is 0 Å². The van der Waals surface area contributed by atoms with Crippen molar-refractivity contribution in [3.8, 4) is 0 Å². The topological polar surface area (TPSA) is 56.7 Å². The molecule has 2 rings (SSSR count). The van der Waals surface area contributed by atoms with Gasteiger partial charge in [-0.25, -0.2) is 0 Å². The molecule has 1 heterocycles. The standard InChI is InChI=1S/C12H22N4/c1-12(2,3)10(13)11-15-14-8-16(11)9-6-4-5-7-9/h8-10H,4-7,13H2,1-3H3. The summed E-state index contributed by atoms with van der Waals surface area (Å²) in [5.74, 6) is 0.944.